The number of carbonyl (C=O) groups excluding carboxylic acids is 1. The standard InChI is InChI=1S/C12H18N2O4S/c1-10(15)13-8-9-18-11-4-6-12(7-5-11)19(16,17)14(2)3/h4-7H,8-9H2,1-3H3,(H,13,15). The third-order valence-electron chi connectivity index (χ3n) is 2.35. The summed E-state index contributed by atoms with van der Waals surface area (Å²) in [5, 5.41) is 2.60. The van der Waals surface area contributed by atoms with Crippen LogP contribution in [-0.2, 0) is 14.8 Å². The van der Waals surface area contributed by atoms with Gasteiger partial charge in [-0.1, -0.05) is 0 Å². The average molecular weight is 286 g/mol. The predicted octanol–water partition coefficient (Wildman–Crippen LogP) is 0.452. The summed E-state index contributed by atoms with van der Waals surface area (Å²) in [4.78, 5) is 10.9. The second-order valence-electron chi connectivity index (χ2n) is 4.09. The number of nitrogens with zero attached hydrogens (tertiary/aromatic N) is 1. The van der Waals surface area contributed by atoms with E-state index < -0.39 is 10.0 Å². The molecule has 1 N–H and O–H groups in total. The largest absolute Gasteiger partial charge is 0.492 e. The Kier molecular flexibility index (Phi) is 5.31. The number of carbonyl (C=O) groups is 1. The lowest BCUT2D eigenvalue weighted by Crippen LogP contribution is -2.25. The van der Waals surface area contributed by atoms with Crippen LogP contribution >= 0.6 is 0 Å². The number of benzene rings is 1. The molecule has 1 aromatic carbocycles. The molecule has 0 aliphatic carbocycles. The predicted molar refractivity (Wildman–Crippen MR) is 71.5 cm³/mol. The van der Waals surface area contributed by atoms with Crippen LogP contribution in [0, 0.1) is 0 Å². The fraction of sp³-hybridized carbons (Fsp3) is 0.417. The highest BCUT2D eigenvalue weighted by atomic mass is 32.2. The molecule has 0 saturated carbocycles. The van der Waals surface area contributed by atoms with Crippen molar-refractivity contribution in [2.75, 3.05) is 27.2 Å². The molecule has 106 valence electrons. The Morgan fingerprint density at radius 3 is 2.32 bits per heavy atom. The first kappa shape index (κ1) is 15.5. The Hall–Kier alpha value is -1.60. The van der Waals surface area contributed by atoms with Crippen molar-refractivity contribution in [3.05, 3.63) is 24.3 Å². The van der Waals surface area contributed by atoms with E-state index in [1.165, 1.54) is 33.2 Å². The number of hydrogen-bond acceptors (Lipinski definition) is 4. The molecule has 0 spiro atoms. The van der Waals surface area contributed by atoms with Crippen LogP contribution in [0.25, 0.3) is 0 Å². The van der Waals surface area contributed by atoms with E-state index in [1.54, 1.807) is 12.1 Å². The van der Waals surface area contributed by atoms with Crippen molar-refractivity contribution in [2.24, 2.45) is 0 Å². The average Bonchev–Trinajstić information content (AvgIpc) is 2.35. The van der Waals surface area contributed by atoms with Gasteiger partial charge in [0.15, 0.2) is 0 Å². The summed E-state index contributed by atoms with van der Waals surface area (Å²) in [5.74, 6) is 0.444. The highest BCUT2D eigenvalue weighted by Gasteiger charge is 2.16. The maximum absolute atomic E-state index is 11.8. The molecule has 0 aliphatic heterocycles. The minimum absolute atomic E-state index is 0.115. The smallest absolute Gasteiger partial charge is 0.242 e. The van der Waals surface area contributed by atoms with Crippen LogP contribution in [0.4, 0.5) is 0 Å². The van der Waals surface area contributed by atoms with Crippen molar-refractivity contribution in [1.82, 2.24) is 9.62 Å². The summed E-state index contributed by atoms with van der Waals surface area (Å²) in [6.45, 7) is 2.17. The zero-order valence-electron chi connectivity index (χ0n) is 11.2. The van der Waals surface area contributed by atoms with E-state index in [4.69, 9.17) is 4.74 Å². The Morgan fingerprint density at radius 2 is 1.84 bits per heavy atom. The lowest BCUT2D eigenvalue weighted by molar-refractivity contribution is -0.119. The number of nitrogens with one attached hydrogen (secondary N) is 1. The third kappa shape index (κ3) is 4.53. The molecule has 0 heterocycles. The maximum Gasteiger partial charge on any atom is 0.242 e. The highest BCUT2D eigenvalue weighted by molar-refractivity contribution is 7.89. The topological polar surface area (TPSA) is 75.7 Å². The third-order valence-corrected chi connectivity index (χ3v) is 4.18. The summed E-state index contributed by atoms with van der Waals surface area (Å²) in [7, 11) is -0.451. The zero-order valence-corrected chi connectivity index (χ0v) is 12.0. The van der Waals surface area contributed by atoms with Crippen molar-refractivity contribution in [2.45, 2.75) is 11.8 Å². The van der Waals surface area contributed by atoms with E-state index >= 15 is 0 Å². The molecular formula is C12H18N2O4S. The van der Waals surface area contributed by atoms with Gasteiger partial charge in [-0.25, -0.2) is 12.7 Å². The fourth-order valence-electron chi connectivity index (χ4n) is 1.31. The SMILES string of the molecule is CC(=O)NCCOc1ccc(S(=O)(=O)N(C)C)cc1. The van der Waals surface area contributed by atoms with Gasteiger partial charge in [-0.3, -0.25) is 4.79 Å². The Labute approximate surface area is 113 Å². The van der Waals surface area contributed by atoms with Crippen molar-refractivity contribution < 1.29 is 17.9 Å². The van der Waals surface area contributed by atoms with Crippen LogP contribution in [-0.4, -0.2) is 45.9 Å². The zero-order chi connectivity index (χ0) is 14.5. The van der Waals surface area contributed by atoms with Gasteiger partial charge in [-0.15, -0.1) is 0 Å². The van der Waals surface area contributed by atoms with Crippen LogP contribution in [0.3, 0.4) is 0 Å². The molecule has 0 aliphatic rings. The molecule has 1 amide bonds. The number of hydrogen-bond donors (Lipinski definition) is 1. The molecule has 0 atom stereocenters. The number of rotatable bonds is 6. The van der Waals surface area contributed by atoms with Gasteiger partial charge in [0.25, 0.3) is 0 Å². The van der Waals surface area contributed by atoms with Gasteiger partial charge < -0.3 is 10.1 Å². The van der Waals surface area contributed by atoms with E-state index in [1.807, 2.05) is 0 Å². The highest BCUT2D eigenvalue weighted by Crippen LogP contribution is 2.17. The van der Waals surface area contributed by atoms with Gasteiger partial charge in [-0.05, 0) is 24.3 Å². The van der Waals surface area contributed by atoms with Gasteiger partial charge in [0.05, 0.1) is 11.4 Å². The van der Waals surface area contributed by atoms with Crippen LogP contribution in [0.2, 0.25) is 0 Å². The second-order valence-corrected chi connectivity index (χ2v) is 6.24. The first-order valence-electron chi connectivity index (χ1n) is 5.74. The molecule has 0 fully saturated rings. The van der Waals surface area contributed by atoms with Crippen LogP contribution in [0.5, 0.6) is 5.75 Å². The van der Waals surface area contributed by atoms with E-state index in [0.717, 1.165) is 4.31 Å². The Bertz CT molecular complexity index is 523. The molecule has 0 unspecified atom stereocenters. The molecule has 0 aromatic heterocycles. The molecule has 7 heteroatoms. The second kappa shape index (κ2) is 6.53. The van der Waals surface area contributed by atoms with Gasteiger partial charge in [0.2, 0.25) is 15.9 Å². The maximum atomic E-state index is 11.8. The number of ether oxygens (including phenoxy) is 1. The summed E-state index contributed by atoms with van der Waals surface area (Å²) in [5.41, 5.74) is 0. The summed E-state index contributed by atoms with van der Waals surface area (Å²) >= 11 is 0. The molecule has 0 saturated heterocycles. The quantitative estimate of drug-likeness (QED) is 0.771. The van der Waals surface area contributed by atoms with E-state index in [9.17, 15) is 13.2 Å². The Balaban J connectivity index is 2.60. The van der Waals surface area contributed by atoms with Gasteiger partial charge >= 0.3 is 0 Å². The monoisotopic (exact) mass is 286 g/mol. The van der Waals surface area contributed by atoms with Crippen LogP contribution in [0.1, 0.15) is 6.92 Å². The lowest BCUT2D eigenvalue weighted by Gasteiger charge is -2.12. The fourth-order valence-corrected chi connectivity index (χ4v) is 2.22. The number of sulfonamides is 1. The number of amides is 1. The van der Waals surface area contributed by atoms with Gasteiger partial charge in [0.1, 0.15) is 12.4 Å². The van der Waals surface area contributed by atoms with E-state index in [0.29, 0.717) is 18.9 Å². The minimum atomic E-state index is -3.41. The normalized spacial score (nSPS) is 11.4. The lowest BCUT2D eigenvalue weighted by atomic mass is 10.3. The first-order valence-corrected chi connectivity index (χ1v) is 7.18. The van der Waals surface area contributed by atoms with E-state index in [2.05, 4.69) is 5.32 Å². The molecule has 1 aromatic rings. The Morgan fingerprint density at radius 1 is 1.26 bits per heavy atom. The molecule has 6 nitrogen and oxygen atoms in total. The first-order chi connectivity index (χ1) is 8.84. The van der Waals surface area contributed by atoms with Crippen LogP contribution < -0.4 is 10.1 Å². The minimum Gasteiger partial charge on any atom is -0.492 e. The van der Waals surface area contributed by atoms with E-state index in [-0.39, 0.29) is 10.8 Å². The van der Waals surface area contributed by atoms with Crippen molar-refractivity contribution in [3.8, 4) is 5.75 Å². The van der Waals surface area contributed by atoms with Crippen molar-refractivity contribution in [3.63, 3.8) is 0 Å². The van der Waals surface area contributed by atoms with Gasteiger partial charge in [-0.2, -0.15) is 0 Å². The molecular weight excluding hydrogens is 268 g/mol. The van der Waals surface area contributed by atoms with Crippen LogP contribution in [0.15, 0.2) is 29.2 Å². The summed E-state index contributed by atoms with van der Waals surface area (Å²) in [6.07, 6.45) is 0. The van der Waals surface area contributed by atoms with Gasteiger partial charge in [0, 0.05) is 21.0 Å². The molecule has 1 rings (SSSR count). The molecule has 19 heavy (non-hydrogen) atoms. The summed E-state index contributed by atoms with van der Waals surface area (Å²) < 4.78 is 30.1. The van der Waals surface area contributed by atoms with Crippen molar-refractivity contribution in [1.29, 1.82) is 0 Å². The summed E-state index contributed by atoms with van der Waals surface area (Å²) in [6, 6.07) is 6.15. The van der Waals surface area contributed by atoms with Crippen molar-refractivity contribution >= 4 is 15.9 Å². The molecule has 0 radical (unpaired) electrons. The molecule has 0 bridgehead atoms.